The van der Waals surface area contributed by atoms with Crippen molar-refractivity contribution in [3.8, 4) is 0 Å². The summed E-state index contributed by atoms with van der Waals surface area (Å²) in [6.45, 7) is 2.10. The zero-order valence-electron chi connectivity index (χ0n) is 8.03. The molecule has 2 heteroatoms. The molecule has 1 aromatic heterocycles. The van der Waals surface area contributed by atoms with E-state index in [1.165, 1.54) is 15.4 Å². The molecule has 0 fully saturated rings. The molecule has 0 aliphatic heterocycles. The molecule has 1 aromatic carbocycles. The number of aryl methyl sites for hydroxylation is 1. The number of benzene rings is 1. The van der Waals surface area contributed by atoms with E-state index < -0.39 is 0 Å². The van der Waals surface area contributed by atoms with Crippen molar-refractivity contribution in [3.63, 3.8) is 0 Å². The summed E-state index contributed by atoms with van der Waals surface area (Å²) in [5, 5.41) is 0. The van der Waals surface area contributed by atoms with Gasteiger partial charge in [-0.05, 0) is 19.1 Å². The molecule has 0 saturated heterocycles. The van der Waals surface area contributed by atoms with E-state index in [-0.39, 0.29) is 0 Å². The van der Waals surface area contributed by atoms with Crippen LogP contribution in [-0.4, -0.2) is 0 Å². The van der Waals surface area contributed by atoms with Crippen molar-refractivity contribution in [1.29, 1.82) is 0 Å². The van der Waals surface area contributed by atoms with E-state index in [2.05, 4.69) is 48.3 Å². The molecule has 0 bridgehead atoms. The highest BCUT2D eigenvalue weighted by molar-refractivity contribution is 7.99. The first-order valence-electron chi connectivity index (χ1n) is 4.55. The van der Waals surface area contributed by atoms with Crippen LogP contribution in [0.1, 0.15) is 5.56 Å². The highest BCUT2D eigenvalue weighted by Crippen LogP contribution is 2.26. The van der Waals surface area contributed by atoms with Gasteiger partial charge in [0.15, 0.2) is 12.4 Å². The molecule has 0 unspecified atom stereocenters. The minimum absolute atomic E-state index is 1.26. The van der Waals surface area contributed by atoms with Crippen LogP contribution in [0.3, 0.4) is 0 Å². The van der Waals surface area contributed by atoms with E-state index in [9.17, 15) is 0 Å². The van der Waals surface area contributed by atoms with Crippen LogP contribution in [0.15, 0.2) is 58.6 Å². The van der Waals surface area contributed by atoms with Crippen LogP contribution in [0.2, 0.25) is 0 Å². The molecule has 0 saturated carbocycles. The predicted octanol–water partition coefficient (Wildman–Crippen LogP) is 2.96. The Balaban J connectivity index is 2.16. The smallest absolute Gasteiger partial charge is 0.168 e. The lowest BCUT2D eigenvalue weighted by Gasteiger charge is -1.99. The summed E-state index contributed by atoms with van der Waals surface area (Å²) in [7, 11) is 0. The van der Waals surface area contributed by atoms with Gasteiger partial charge in [0.25, 0.3) is 0 Å². The van der Waals surface area contributed by atoms with Crippen molar-refractivity contribution in [3.05, 3.63) is 54.4 Å². The van der Waals surface area contributed by atoms with Crippen molar-refractivity contribution in [2.45, 2.75) is 16.7 Å². The molecule has 0 atom stereocenters. The third-order valence-electron chi connectivity index (χ3n) is 1.94. The number of aromatic nitrogens is 1. The summed E-state index contributed by atoms with van der Waals surface area (Å²) < 4.78 is 0. The topological polar surface area (TPSA) is 14.1 Å². The fraction of sp³-hybridized carbons (Fsp3) is 0.0833. The van der Waals surface area contributed by atoms with E-state index in [4.69, 9.17) is 0 Å². The zero-order valence-corrected chi connectivity index (χ0v) is 8.84. The first kappa shape index (κ1) is 9.28. The van der Waals surface area contributed by atoms with Crippen molar-refractivity contribution >= 4 is 11.8 Å². The Kier molecular flexibility index (Phi) is 2.84. The van der Waals surface area contributed by atoms with Crippen LogP contribution in [0.4, 0.5) is 0 Å². The number of aromatic amines is 1. The van der Waals surface area contributed by atoms with Crippen molar-refractivity contribution < 1.29 is 4.98 Å². The van der Waals surface area contributed by atoms with Crippen LogP contribution in [0.25, 0.3) is 0 Å². The van der Waals surface area contributed by atoms with Gasteiger partial charge in [-0.15, -0.1) is 0 Å². The van der Waals surface area contributed by atoms with Gasteiger partial charge in [-0.3, -0.25) is 0 Å². The summed E-state index contributed by atoms with van der Waals surface area (Å²) in [6.07, 6.45) is 3.88. The zero-order chi connectivity index (χ0) is 9.80. The molecule has 0 radical (unpaired) electrons. The molecular weight excluding hydrogens is 190 g/mol. The van der Waals surface area contributed by atoms with Gasteiger partial charge in [0.2, 0.25) is 0 Å². The summed E-state index contributed by atoms with van der Waals surface area (Å²) in [5.41, 5.74) is 1.30. The van der Waals surface area contributed by atoms with Crippen LogP contribution < -0.4 is 4.98 Å². The van der Waals surface area contributed by atoms with Gasteiger partial charge in [0.1, 0.15) is 0 Å². The third-order valence-corrected chi connectivity index (χ3v) is 2.96. The van der Waals surface area contributed by atoms with Gasteiger partial charge < -0.3 is 0 Å². The number of hydrogen-bond acceptors (Lipinski definition) is 1. The Hall–Kier alpha value is -1.28. The van der Waals surface area contributed by atoms with Gasteiger partial charge in [-0.1, -0.05) is 29.5 Å². The minimum Gasteiger partial charge on any atom is -0.218 e. The second kappa shape index (κ2) is 4.29. The molecule has 0 spiro atoms. The molecule has 0 aliphatic rings. The Morgan fingerprint density at radius 3 is 2.07 bits per heavy atom. The van der Waals surface area contributed by atoms with Gasteiger partial charge >= 0.3 is 0 Å². The highest BCUT2D eigenvalue weighted by atomic mass is 32.2. The molecular formula is C12H12NS+. The average molecular weight is 202 g/mol. The normalized spacial score (nSPS) is 10.1. The molecule has 2 aromatic rings. The van der Waals surface area contributed by atoms with Gasteiger partial charge in [0.05, 0.1) is 0 Å². The van der Waals surface area contributed by atoms with Crippen LogP contribution >= 0.6 is 11.8 Å². The average Bonchev–Trinajstić information content (AvgIpc) is 2.23. The number of H-pyrrole nitrogens is 1. The number of nitrogens with one attached hydrogen (secondary N) is 1. The summed E-state index contributed by atoms with van der Waals surface area (Å²) in [5.74, 6) is 0. The Morgan fingerprint density at radius 2 is 1.43 bits per heavy atom. The lowest BCUT2D eigenvalue weighted by atomic mass is 10.2. The Bertz CT molecular complexity index is 394. The lowest BCUT2D eigenvalue weighted by molar-refractivity contribution is -0.378. The summed E-state index contributed by atoms with van der Waals surface area (Å²) in [6, 6.07) is 12.7. The van der Waals surface area contributed by atoms with E-state index in [1.807, 2.05) is 12.4 Å². The monoisotopic (exact) mass is 202 g/mol. The number of hydrogen-bond donors (Lipinski definition) is 0. The summed E-state index contributed by atoms with van der Waals surface area (Å²) >= 11 is 1.78. The fourth-order valence-corrected chi connectivity index (χ4v) is 2.00. The van der Waals surface area contributed by atoms with Crippen molar-refractivity contribution in [2.75, 3.05) is 0 Å². The molecule has 1 nitrogen and oxygen atoms in total. The van der Waals surface area contributed by atoms with Gasteiger partial charge in [-0.25, -0.2) is 4.98 Å². The van der Waals surface area contributed by atoms with E-state index in [0.29, 0.717) is 0 Å². The van der Waals surface area contributed by atoms with E-state index >= 15 is 0 Å². The first-order chi connectivity index (χ1) is 6.84. The maximum absolute atomic E-state index is 3.01. The fourth-order valence-electron chi connectivity index (χ4n) is 1.18. The van der Waals surface area contributed by atoms with Crippen LogP contribution in [0.5, 0.6) is 0 Å². The molecule has 0 aliphatic carbocycles. The number of rotatable bonds is 2. The molecule has 1 heterocycles. The van der Waals surface area contributed by atoms with Gasteiger partial charge in [-0.2, -0.15) is 0 Å². The van der Waals surface area contributed by atoms with Crippen LogP contribution in [0, 0.1) is 6.92 Å². The lowest BCUT2D eigenvalue weighted by Crippen LogP contribution is -1.95. The second-order valence-corrected chi connectivity index (χ2v) is 4.30. The molecule has 14 heavy (non-hydrogen) atoms. The summed E-state index contributed by atoms with van der Waals surface area (Å²) in [4.78, 5) is 5.55. The number of pyridine rings is 1. The Morgan fingerprint density at radius 1 is 0.857 bits per heavy atom. The second-order valence-electron chi connectivity index (χ2n) is 3.15. The largest absolute Gasteiger partial charge is 0.218 e. The predicted molar refractivity (Wildman–Crippen MR) is 58.3 cm³/mol. The third kappa shape index (κ3) is 2.36. The van der Waals surface area contributed by atoms with Crippen LogP contribution in [-0.2, 0) is 0 Å². The maximum atomic E-state index is 3.01. The first-order valence-corrected chi connectivity index (χ1v) is 5.37. The van der Waals surface area contributed by atoms with Crippen molar-refractivity contribution in [2.24, 2.45) is 0 Å². The van der Waals surface area contributed by atoms with Crippen molar-refractivity contribution in [1.82, 2.24) is 0 Å². The quantitative estimate of drug-likeness (QED) is 0.730. The van der Waals surface area contributed by atoms with E-state index in [1.54, 1.807) is 11.8 Å². The molecule has 0 amide bonds. The molecule has 70 valence electrons. The van der Waals surface area contributed by atoms with E-state index in [0.717, 1.165) is 0 Å². The molecule has 2 rings (SSSR count). The maximum Gasteiger partial charge on any atom is 0.168 e. The van der Waals surface area contributed by atoms with Gasteiger partial charge in [0, 0.05) is 21.9 Å². The minimum atomic E-state index is 1.26. The Labute approximate surface area is 88.2 Å². The standard InChI is InChI=1S/C12H11NS/c1-10-2-4-11(5-3-10)14-12-6-8-13-9-7-12/h2-9H,1H3/p+1. The SMILES string of the molecule is Cc1ccc(Sc2cc[nH+]cc2)cc1. The molecule has 1 N–H and O–H groups in total. The highest BCUT2D eigenvalue weighted by Gasteiger charge is 1.96.